The van der Waals surface area contributed by atoms with Crippen LogP contribution >= 0.6 is 0 Å². The van der Waals surface area contributed by atoms with Gasteiger partial charge in [0.05, 0.1) is 4.90 Å². The maximum atomic E-state index is 13.6. The molecule has 2 N–H and O–H groups in total. The lowest BCUT2D eigenvalue weighted by Crippen LogP contribution is -2.46. The second-order valence-corrected chi connectivity index (χ2v) is 11.1. The number of carbonyl (C=O) groups excluding carboxylic acids is 2. The fourth-order valence-corrected chi connectivity index (χ4v) is 6.85. The predicted molar refractivity (Wildman–Crippen MR) is 134 cm³/mol. The lowest BCUT2D eigenvalue weighted by molar-refractivity contribution is -0.136. The zero-order valence-corrected chi connectivity index (χ0v) is 21.5. The van der Waals surface area contributed by atoms with Gasteiger partial charge >= 0.3 is 11.8 Å². The van der Waals surface area contributed by atoms with Crippen LogP contribution in [0.4, 0.5) is 5.69 Å². The molecule has 2 amide bonds. The molecular formula is C26H35N3O4S. The van der Waals surface area contributed by atoms with E-state index in [1.807, 2.05) is 58.9 Å². The molecule has 1 heterocycles. The molecule has 1 unspecified atom stereocenters. The van der Waals surface area contributed by atoms with Gasteiger partial charge in [-0.05, 0) is 88.3 Å². The van der Waals surface area contributed by atoms with Gasteiger partial charge in [0.25, 0.3) is 0 Å². The Morgan fingerprint density at radius 1 is 0.912 bits per heavy atom. The minimum absolute atomic E-state index is 0.220. The number of hydrogen-bond acceptors (Lipinski definition) is 4. The quantitative estimate of drug-likeness (QED) is 0.607. The van der Waals surface area contributed by atoms with Gasteiger partial charge in [-0.2, -0.15) is 4.31 Å². The van der Waals surface area contributed by atoms with Crippen LogP contribution in [0.1, 0.15) is 53.5 Å². The second kappa shape index (κ2) is 10.7. The maximum Gasteiger partial charge on any atom is 0.313 e. The number of benzene rings is 2. The lowest BCUT2D eigenvalue weighted by atomic mass is 10.0. The highest BCUT2D eigenvalue weighted by molar-refractivity contribution is 7.89. The van der Waals surface area contributed by atoms with E-state index in [2.05, 4.69) is 10.6 Å². The lowest BCUT2D eigenvalue weighted by Gasteiger charge is -2.35. The standard InChI is InChI=1S/C26H35N3O4S/c1-17-14-20(4)24(21(5)15-17)34(32,33)29-13-7-6-8-23(29)11-12-27-25(30)26(31)28-22-10-9-18(2)19(3)16-22/h9-10,14-16,23H,6-8,11-13H2,1-5H3,(H,27,30)(H,28,31). The third-order valence-corrected chi connectivity index (χ3v) is 8.74. The topological polar surface area (TPSA) is 95.6 Å². The summed E-state index contributed by atoms with van der Waals surface area (Å²) in [5, 5.41) is 5.26. The van der Waals surface area contributed by atoms with Crippen LogP contribution in [0.3, 0.4) is 0 Å². The third-order valence-electron chi connectivity index (χ3n) is 6.48. The molecule has 0 saturated carbocycles. The zero-order valence-electron chi connectivity index (χ0n) is 20.7. The van der Waals surface area contributed by atoms with Crippen LogP contribution in [0.25, 0.3) is 0 Å². The van der Waals surface area contributed by atoms with E-state index in [1.54, 1.807) is 10.4 Å². The normalized spacial score (nSPS) is 16.8. The van der Waals surface area contributed by atoms with Gasteiger partial charge in [-0.3, -0.25) is 9.59 Å². The number of aryl methyl sites for hydroxylation is 5. The molecule has 1 aliphatic rings. The Hall–Kier alpha value is -2.71. The van der Waals surface area contributed by atoms with E-state index in [-0.39, 0.29) is 12.6 Å². The van der Waals surface area contributed by atoms with Crippen molar-refractivity contribution in [2.45, 2.75) is 71.2 Å². The van der Waals surface area contributed by atoms with E-state index < -0.39 is 21.8 Å². The summed E-state index contributed by atoms with van der Waals surface area (Å²) in [6.07, 6.45) is 2.92. The fourth-order valence-electron chi connectivity index (χ4n) is 4.71. The SMILES string of the molecule is Cc1cc(C)c(S(=O)(=O)N2CCCCC2CCNC(=O)C(=O)Nc2ccc(C)c(C)c2)c(C)c1. The molecule has 184 valence electrons. The molecule has 1 saturated heterocycles. The number of rotatable bonds is 6. The summed E-state index contributed by atoms with van der Waals surface area (Å²) in [6.45, 7) is 10.2. The molecule has 7 nitrogen and oxygen atoms in total. The predicted octanol–water partition coefficient (Wildman–Crippen LogP) is 3.92. The molecule has 3 rings (SSSR count). The van der Waals surface area contributed by atoms with Crippen LogP contribution in [-0.4, -0.2) is 43.7 Å². The molecule has 0 aliphatic carbocycles. The molecule has 1 aliphatic heterocycles. The Bertz CT molecular complexity index is 1170. The van der Waals surface area contributed by atoms with E-state index in [9.17, 15) is 18.0 Å². The molecule has 0 bridgehead atoms. The van der Waals surface area contributed by atoms with Crippen molar-refractivity contribution in [3.8, 4) is 0 Å². The number of nitrogens with one attached hydrogen (secondary N) is 2. The molecule has 0 aromatic heterocycles. The van der Waals surface area contributed by atoms with Crippen LogP contribution in [0.15, 0.2) is 35.2 Å². The van der Waals surface area contributed by atoms with Crippen molar-refractivity contribution in [1.29, 1.82) is 0 Å². The van der Waals surface area contributed by atoms with Crippen LogP contribution in [0.2, 0.25) is 0 Å². The average molecular weight is 486 g/mol. The van der Waals surface area contributed by atoms with Crippen molar-refractivity contribution in [2.75, 3.05) is 18.4 Å². The smallest absolute Gasteiger partial charge is 0.313 e. The van der Waals surface area contributed by atoms with Crippen LogP contribution in [-0.2, 0) is 19.6 Å². The minimum Gasteiger partial charge on any atom is -0.348 e. The van der Waals surface area contributed by atoms with E-state index in [4.69, 9.17) is 0 Å². The molecular weight excluding hydrogens is 450 g/mol. The van der Waals surface area contributed by atoms with Crippen molar-refractivity contribution in [3.05, 3.63) is 58.1 Å². The van der Waals surface area contributed by atoms with E-state index in [1.165, 1.54) is 0 Å². The van der Waals surface area contributed by atoms with E-state index >= 15 is 0 Å². The fraction of sp³-hybridized carbons (Fsp3) is 0.462. The molecule has 0 radical (unpaired) electrons. The molecule has 8 heteroatoms. The Morgan fingerprint density at radius 3 is 2.24 bits per heavy atom. The summed E-state index contributed by atoms with van der Waals surface area (Å²) in [5.74, 6) is -1.46. The maximum absolute atomic E-state index is 13.6. The van der Waals surface area contributed by atoms with Crippen molar-refractivity contribution < 1.29 is 18.0 Å². The van der Waals surface area contributed by atoms with Crippen molar-refractivity contribution in [2.24, 2.45) is 0 Å². The Kier molecular flexibility index (Phi) is 8.15. The van der Waals surface area contributed by atoms with E-state index in [0.29, 0.717) is 23.5 Å². The Labute approximate surface area is 203 Å². The van der Waals surface area contributed by atoms with Gasteiger partial charge in [-0.15, -0.1) is 0 Å². The number of piperidine rings is 1. The van der Waals surface area contributed by atoms with Crippen molar-refractivity contribution >= 4 is 27.5 Å². The van der Waals surface area contributed by atoms with Gasteiger partial charge in [0.2, 0.25) is 10.0 Å². The summed E-state index contributed by atoms with van der Waals surface area (Å²) in [5.41, 5.74) is 5.22. The third kappa shape index (κ3) is 5.85. The Morgan fingerprint density at radius 2 is 1.59 bits per heavy atom. The summed E-state index contributed by atoms with van der Waals surface area (Å²) >= 11 is 0. The first-order valence-corrected chi connectivity index (χ1v) is 13.2. The average Bonchev–Trinajstić information content (AvgIpc) is 2.75. The number of amides is 2. The minimum atomic E-state index is -3.66. The molecule has 1 fully saturated rings. The van der Waals surface area contributed by atoms with Crippen molar-refractivity contribution in [1.82, 2.24) is 9.62 Å². The first kappa shape index (κ1) is 25.9. The number of anilines is 1. The van der Waals surface area contributed by atoms with Crippen LogP contribution in [0.5, 0.6) is 0 Å². The summed E-state index contributed by atoms with van der Waals surface area (Å²) in [4.78, 5) is 25.0. The number of hydrogen-bond donors (Lipinski definition) is 2. The number of sulfonamides is 1. The second-order valence-electron chi connectivity index (χ2n) is 9.29. The van der Waals surface area contributed by atoms with Gasteiger partial charge in [0, 0.05) is 24.8 Å². The van der Waals surface area contributed by atoms with Gasteiger partial charge in [-0.1, -0.05) is 30.2 Å². The molecule has 1 atom stereocenters. The van der Waals surface area contributed by atoms with Gasteiger partial charge < -0.3 is 10.6 Å². The molecule has 34 heavy (non-hydrogen) atoms. The highest BCUT2D eigenvalue weighted by Crippen LogP contribution is 2.31. The number of carbonyl (C=O) groups is 2. The highest BCUT2D eigenvalue weighted by Gasteiger charge is 2.35. The van der Waals surface area contributed by atoms with E-state index in [0.717, 1.165) is 47.1 Å². The molecule has 2 aromatic rings. The molecule has 2 aromatic carbocycles. The van der Waals surface area contributed by atoms with Gasteiger partial charge in [-0.25, -0.2) is 8.42 Å². The van der Waals surface area contributed by atoms with Crippen molar-refractivity contribution in [3.63, 3.8) is 0 Å². The molecule has 0 spiro atoms. The largest absolute Gasteiger partial charge is 0.348 e. The first-order chi connectivity index (χ1) is 16.0. The van der Waals surface area contributed by atoms with Crippen LogP contribution < -0.4 is 10.6 Å². The zero-order chi connectivity index (χ0) is 25.0. The monoisotopic (exact) mass is 485 g/mol. The first-order valence-electron chi connectivity index (χ1n) is 11.8. The van der Waals surface area contributed by atoms with Gasteiger partial charge in [0.1, 0.15) is 0 Å². The number of nitrogens with zero attached hydrogens (tertiary/aromatic N) is 1. The van der Waals surface area contributed by atoms with Gasteiger partial charge in [0.15, 0.2) is 0 Å². The summed E-state index contributed by atoms with van der Waals surface area (Å²) < 4.78 is 28.8. The highest BCUT2D eigenvalue weighted by atomic mass is 32.2. The Balaban J connectivity index is 1.63. The summed E-state index contributed by atoms with van der Waals surface area (Å²) in [6, 6.07) is 9.04. The summed E-state index contributed by atoms with van der Waals surface area (Å²) in [7, 11) is -3.66. The van der Waals surface area contributed by atoms with Crippen LogP contribution in [0, 0.1) is 34.6 Å².